The van der Waals surface area contributed by atoms with E-state index in [1.54, 1.807) is 0 Å². The van der Waals surface area contributed by atoms with Gasteiger partial charge in [-0.05, 0) is 17.7 Å². The van der Waals surface area contributed by atoms with Crippen LogP contribution in [0.3, 0.4) is 0 Å². The molecule has 1 saturated heterocycles. The van der Waals surface area contributed by atoms with Crippen molar-refractivity contribution in [2.24, 2.45) is 0 Å². The first-order valence-corrected chi connectivity index (χ1v) is 7.09. The van der Waals surface area contributed by atoms with Crippen LogP contribution in [0.4, 0.5) is 5.69 Å². The molecule has 5 heteroatoms. The number of nitrogens with two attached hydrogens (primary N) is 1. The predicted octanol–water partition coefficient (Wildman–Crippen LogP) is 0.807. The lowest BCUT2D eigenvalue weighted by molar-refractivity contribution is 0.0730. The SMILES string of the molecule is Nc1ccc(CC[S+]([O-])N2CCOCC2)cc1. The Hall–Kier alpha value is -0.750. The van der Waals surface area contributed by atoms with E-state index in [0.29, 0.717) is 19.0 Å². The van der Waals surface area contributed by atoms with Crippen molar-refractivity contribution in [2.75, 3.05) is 37.8 Å². The van der Waals surface area contributed by atoms with E-state index in [9.17, 15) is 4.55 Å². The van der Waals surface area contributed by atoms with Gasteiger partial charge in [0, 0.05) is 23.5 Å². The summed E-state index contributed by atoms with van der Waals surface area (Å²) in [5, 5.41) is 0. The number of aryl methyl sites for hydroxylation is 1. The average Bonchev–Trinajstić information content (AvgIpc) is 2.39. The number of hydrogen-bond acceptors (Lipinski definition) is 4. The minimum Gasteiger partial charge on any atom is -0.598 e. The molecule has 0 amide bonds. The monoisotopic (exact) mass is 254 g/mol. The molecule has 0 radical (unpaired) electrons. The zero-order valence-electron chi connectivity index (χ0n) is 9.80. The summed E-state index contributed by atoms with van der Waals surface area (Å²) < 4.78 is 19.2. The van der Waals surface area contributed by atoms with Crippen LogP contribution in [-0.4, -0.2) is 40.9 Å². The van der Waals surface area contributed by atoms with Gasteiger partial charge in [-0.15, -0.1) is 4.31 Å². The first-order chi connectivity index (χ1) is 8.25. The lowest BCUT2D eigenvalue weighted by Gasteiger charge is -2.27. The van der Waals surface area contributed by atoms with E-state index in [1.165, 1.54) is 5.56 Å². The van der Waals surface area contributed by atoms with Crippen molar-refractivity contribution < 1.29 is 9.29 Å². The first-order valence-electron chi connectivity index (χ1n) is 5.81. The summed E-state index contributed by atoms with van der Waals surface area (Å²) in [6.45, 7) is 2.92. The molecule has 0 bridgehead atoms. The standard InChI is InChI=1S/C12H18N2O2S/c13-12-3-1-11(2-4-12)5-10-17(15)14-6-8-16-9-7-14/h1-4H,5-10,13H2. The normalized spacial score (nSPS) is 19.1. The van der Waals surface area contributed by atoms with Gasteiger partial charge in [-0.1, -0.05) is 12.1 Å². The number of ether oxygens (including phenoxy) is 1. The highest BCUT2D eigenvalue weighted by Gasteiger charge is 2.21. The number of nitrogen functional groups attached to an aromatic ring is 1. The summed E-state index contributed by atoms with van der Waals surface area (Å²) in [7, 11) is 0. The van der Waals surface area contributed by atoms with Gasteiger partial charge in [-0.25, -0.2) is 0 Å². The number of anilines is 1. The van der Waals surface area contributed by atoms with Gasteiger partial charge >= 0.3 is 0 Å². The van der Waals surface area contributed by atoms with Crippen LogP contribution in [0, 0.1) is 0 Å². The Morgan fingerprint density at radius 1 is 1.24 bits per heavy atom. The molecule has 94 valence electrons. The molecule has 2 rings (SSSR count). The number of benzene rings is 1. The topological polar surface area (TPSA) is 61.5 Å². The Labute approximate surface area is 105 Å². The third kappa shape index (κ3) is 3.89. The fourth-order valence-electron chi connectivity index (χ4n) is 1.77. The quantitative estimate of drug-likeness (QED) is 0.638. The minimum absolute atomic E-state index is 0.671. The van der Waals surface area contributed by atoms with Crippen LogP contribution in [0.1, 0.15) is 5.56 Å². The Morgan fingerprint density at radius 3 is 2.53 bits per heavy atom. The van der Waals surface area contributed by atoms with Crippen molar-refractivity contribution in [1.29, 1.82) is 0 Å². The van der Waals surface area contributed by atoms with E-state index in [-0.39, 0.29) is 0 Å². The van der Waals surface area contributed by atoms with Crippen molar-refractivity contribution in [2.45, 2.75) is 6.42 Å². The molecule has 1 atom stereocenters. The van der Waals surface area contributed by atoms with Crippen LogP contribution in [0.2, 0.25) is 0 Å². The van der Waals surface area contributed by atoms with Gasteiger partial charge in [0.25, 0.3) is 0 Å². The molecular formula is C12H18N2O2S. The second kappa shape index (κ2) is 6.26. The molecule has 0 spiro atoms. The van der Waals surface area contributed by atoms with Crippen molar-refractivity contribution in [1.82, 2.24) is 4.31 Å². The largest absolute Gasteiger partial charge is 0.598 e. The van der Waals surface area contributed by atoms with Crippen molar-refractivity contribution in [3.63, 3.8) is 0 Å². The Bertz CT molecular complexity index is 339. The van der Waals surface area contributed by atoms with Crippen LogP contribution in [0.25, 0.3) is 0 Å². The summed E-state index contributed by atoms with van der Waals surface area (Å²) in [4.78, 5) is 0. The molecule has 0 aliphatic carbocycles. The molecule has 0 aromatic heterocycles. The van der Waals surface area contributed by atoms with Gasteiger partial charge in [0.2, 0.25) is 0 Å². The van der Waals surface area contributed by atoms with E-state index in [1.807, 2.05) is 28.6 Å². The molecule has 1 aliphatic rings. The Morgan fingerprint density at radius 2 is 1.88 bits per heavy atom. The van der Waals surface area contributed by atoms with Crippen LogP contribution >= 0.6 is 0 Å². The zero-order chi connectivity index (χ0) is 12.1. The lowest BCUT2D eigenvalue weighted by Crippen LogP contribution is -2.42. The molecule has 1 unspecified atom stereocenters. The fourth-order valence-corrected chi connectivity index (χ4v) is 2.99. The second-order valence-electron chi connectivity index (χ2n) is 4.06. The smallest absolute Gasteiger partial charge is 0.129 e. The third-order valence-electron chi connectivity index (χ3n) is 2.80. The summed E-state index contributed by atoms with van der Waals surface area (Å²) in [6.07, 6.45) is 0.824. The first kappa shape index (κ1) is 12.7. The maximum Gasteiger partial charge on any atom is 0.129 e. The van der Waals surface area contributed by atoms with Gasteiger partial charge in [-0.2, -0.15) is 0 Å². The summed E-state index contributed by atoms with van der Waals surface area (Å²) in [5.74, 6) is 0.671. The molecular weight excluding hydrogens is 236 g/mol. The number of hydrogen-bond donors (Lipinski definition) is 1. The molecule has 0 saturated carbocycles. The van der Waals surface area contributed by atoms with E-state index in [4.69, 9.17) is 10.5 Å². The highest BCUT2D eigenvalue weighted by Crippen LogP contribution is 2.10. The van der Waals surface area contributed by atoms with Gasteiger partial charge in [-0.3, -0.25) is 0 Å². The molecule has 4 nitrogen and oxygen atoms in total. The van der Waals surface area contributed by atoms with E-state index >= 15 is 0 Å². The average molecular weight is 254 g/mol. The van der Waals surface area contributed by atoms with E-state index < -0.39 is 11.4 Å². The van der Waals surface area contributed by atoms with Gasteiger partial charge in [0.15, 0.2) is 0 Å². The Kier molecular flexibility index (Phi) is 4.67. The molecule has 1 fully saturated rings. The molecule has 1 heterocycles. The van der Waals surface area contributed by atoms with E-state index in [2.05, 4.69) is 0 Å². The zero-order valence-corrected chi connectivity index (χ0v) is 10.6. The van der Waals surface area contributed by atoms with Gasteiger partial charge < -0.3 is 15.0 Å². The van der Waals surface area contributed by atoms with Crippen LogP contribution in [0.15, 0.2) is 24.3 Å². The number of nitrogens with zero attached hydrogens (tertiary/aromatic N) is 1. The second-order valence-corrected chi connectivity index (χ2v) is 5.63. The highest BCUT2D eigenvalue weighted by atomic mass is 32.2. The lowest BCUT2D eigenvalue weighted by atomic mass is 10.2. The van der Waals surface area contributed by atoms with Crippen molar-refractivity contribution >= 4 is 17.0 Å². The number of morpholine rings is 1. The van der Waals surface area contributed by atoms with E-state index in [0.717, 1.165) is 25.2 Å². The molecule has 17 heavy (non-hydrogen) atoms. The highest BCUT2D eigenvalue weighted by molar-refractivity contribution is 7.89. The molecule has 2 N–H and O–H groups in total. The van der Waals surface area contributed by atoms with Crippen LogP contribution < -0.4 is 5.73 Å². The van der Waals surface area contributed by atoms with Crippen molar-refractivity contribution in [3.05, 3.63) is 29.8 Å². The maximum absolute atomic E-state index is 12.0. The summed E-state index contributed by atoms with van der Waals surface area (Å²) in [5.41, 5.74) is 7.57. The van der Waals surface area contributed by atoms with Gasteiger partial charge in [0.1, 0.15) is 5.75 Å². The third-order valence-corrected chi connectivity index (χ3v) is 4.30. The Balaban J connectivity index is 1.78. The summed E-state index contributed by atoms with van der Waals surface area (Å²) in [6, 6.07) is 7.75. The van der Waals surface area contributed by atoms with Crippen LogP contribution in [-0.2, 0) is 22.5 Å². The maximum atomic E-state index is 12.0. The van der Waals surface area contributed by atoms with Crippen LogP contribution in [0.5, 0.6) is 0 Å². The van der Waals surface area contributed by atoms with Gasteiger partial charge in [0.05, 0.1) is 26.3 Å². The summed E-state index contributed by atoms with van der Waals surface area (Å²) >= 11 is -0.890. The predicted molar refractivity (Wildman–Crippen MR) is 70.0 cm³/mol. The fraction of sp³-hybridized carbons (Fsp3) is 0.500. The molecule has 1 aliphatic heterocycles. The molecule has 1 aromatic rings. The molecule has 1 aromatic carbocycles. The minimum atomic E-state index is -0.890. The number of rotatable bonds is 4. The van der Waals surface area contributed by atoms with Crippen molar-refractivity contribution in [3.8, 4) is 0 Å².